The second-order valence-corrected chi connectivity index (χ2v) is 7.32. The van der Waals surface area contributed by atoms with Gasteiger partial charge in [-0.15, -0.1) is 6.58 Å². The molecule has 1 unspecified atom stereocenters. The fraction of sp³-hybridized carbons (Fsp3) is 0.455. The van der Waals surface area contributed by atoms with E-state index in [2.05, 4.69) is 36.0 Å². The van der Waals surface area contributed by atoms with Crippen LogP contribution in [0.5, 0.6) is 0 Å². The largest absolute Gasteiger partial charge is 0.389 e. The first-order valence-corrected chi connectivity index (χ1v) is 9.45. The van der Waals surface area contributed by atoms with Gasteiger partial charge in [0.15, 0.2) is 0 Å². The molecular weight excluding hydrogens is 343 g/mol. The summed E-state index contributed by atoms with van der Waals surface area (Å²) in [6, 6.07) is 10.7. The van der Waals surface area contributed by atoms with Crippen LogP contribution in [-0.2, 0) is 17.8 Å². The van der Waals surface area contributed by atoms with Crippen LogP contribution >= 0.6 is 0 Å². The minimum absolute atomic E-state index is 0.220. The van der Waals surface area contributed by atoms with E-state index < -0.39 is 6.10 Å². The Hall–Kier alpha value is -1.95. The quantitative estimate of drug-likeness (QED) is 0.455. The molecule has 2 aromatic rings. The van der Waals surface area contributed by atoms with Gasteiger partial charge in [0.2, 0.25) is 0 Å². The maximum atomic E-state index is 13.1. The van der Waals surface area contributed by atoms with Gasteiger partial charge in [-0.3, -0.25) is 4.90 Å². The molecule has 1 atom stereocenters. The van der Waals surface area contributed by atoms with Crippen molar-refractivity contribution in [2.45, 2.75) is 33.0 Å². The van der Waals surface area contributed by atoms with Crippen molar-refractivity contribution in [3.05, 3.63) is 72.3 Å². The first-order valence-electron chi connectivity index (χ1n) is 9.45. The van der Waals surface area contributed by atoms with Gasteiger partial charge in [-0.05, 0) is 35.7 Å². The molecule has 2 rings (SSSR count). The highest BCUT2D eigenvalue weighted by Crippen LogP contribution is 2.13. The molecule has 0 fully saturated rings. The van der Waals surface area contributed by atoms with E-state index in [0.717, 1.165) is 18.7 Å². The van der Waals surface area contributed by atoms with Crippen molar-refractivity contribution in [1.29, 1.82) is 0 Å². The molecule has 1 aromatic heterocycles. The smallest absolute Gasteiger partial charge is 0.123 e. The Bertz CT molecular complexity index is 682. The average Bonchev–Trinajstić information content (AvgIpc) is 3.03. The maximum absolute atomic E-state index is 13.1. The summed E-state index contributed by atoms with van der Waals surface area (Å²) in [5, 5.41) is 10.3. The molecule has 4 nitrogen and oxygen atoms in total. The monoisotopic (exact) mass is 374 g/mol. The van der Waals surface area contributed by atoms with Crippen LogP contribution < -0.4 is 0 Å². The van der Waals surface area contributed by atoms with Crippen molar-refractivity contribution in [3.8, 4) is 0 Å². The van der Waals surface area contributed by atoms with Crippen LogP contribution in [0, 0.1) is 11.7 Å². The number of hydrogen-bond acceptors (Lipinski definition) is 3. The second kappa shape index (κ2) is 11.0. The lowest BCUT2D eigenvalue weighted by atomic mass is 10.2. The lowest BCUT2D eigenvalue weighted by Gasteiger charge is -2.27. The lowest BCUT2D eigenvalue weighted by molar-refractivity contribution is 0.0219. The molecule has 0 aliphatic heterocycles. The number of aliphatic hydroxyl groups excluding tert-OH is 1. The first-order chi connectivity index (χ1) is 13.0. The first kappa shape index (κ1) is 21.4. The van der Waals surface area contributed by atoms with Crippen molar-refractivity contribution in [2.24, 2.45) is 5.92 Å². The van der Waals surface area contributed by atoms with E-state index in [9.17, 15) is 9.50 Å². The third-order valence-electron chi connectivity index (χ3n) is 4.21. The van der Waals surface area contributed by atoms with E-state index in [1.807, 2.05) is 24.4 Å². The van der Waals surface area contributed by atoms with E-state index in [0.29, 0.717) is 32.2 Å². The third-order valence-corrected chi connectivity index (χ3v) is 4.21. The van der Waals surface area contributed by atoms with E-state index >= 15 is 0 Å². The Morgan fingerprint density at radius 3 is 2.63 bits per heavy atom. The van der Waals surface area contributed by atoms with Gasteiger partial charge in [-0.25, -0.2) is 4.39 Å². The van der Waals surface area contributed by atoms with Crippen molar-refractivity contribution < 1.29 is 14.2 Å². The highest BCUT2D eigenvalue weighted by Gasteiger charge is 2.15. The fourth-order valence-electron chi connectivity index (χ4n) is 3.12. The van der Waals surface area contributed by atoms with Gasteiger partial charge in [-0.1, -0.05) is 32.1 Å². The molecule has 1 heterocycles. The normalized spacial score (nSPS) is 12.7. The fourth-order valence-corrected chi connectivity index (χ4v) is 3.12. The highest BCUT2D eigenvalue weighted by atomic mass is 19.1. The molecule has 1 N–H and O–H groups in total. The molecule has 0 radical (unpaired) electrons. The van der Waals surface area contributed by atoms with Crippen LogP contribution in [0.3, 0.4) is 0 Å². The number of nitrogens with zero attached hydrogens (tertiary/aromatic N) is 2. The summed E-state index contributed by atoms with van der Waals surface area (Å²) in [6.45, 7) is 11.6. The maximum Gasteiger partial charge on any atom is 0.123 e. The summed E-state index contributed by atoms with van der Waals surface area (Å²) in [4.78, 5) is 2.25. The Labute approximate surface area is 161 Å². The van der Waals surface area contributed by atoms with E-state index in [4.69, 9.17) is 4.74 Å². The molecule has 0 saturated carbocycles. The zero-order valence-corrected chi connectivity index (χ0v) is 16.4. The highest BCUT2D eigenvalue weighted by molar-refractivity contribution is 5.18. The molecule has 0 bridgehead atoms. The zero-order valence-electron chi connectivity index (χ0n) is 16.4. The zero-order chi connectivity index (χ0) is 19.6. The molecule has 148 valence electrons. The van der Waals surface area contributed by atoms with Crippen LogP contribution in [0.15, 0.2) is 55.3 Å². The number of hydrogen-bond donors (Lipinski definition) is 1. The van der Waals surface area contributed by atoms with Crippen LogP contribution in [0.4, 0.5) is 4.39 Å². The number of benzene rings is 1. The van der Waals surface area contributed by atoms with Crippen LogP contribution in [0.2, 0.25) is 0 Å². The van der Waals surface area contributed by atoms with Gasteiger partial charge in [0.05, 0.1) is 19.3 Å². The molecule has 0 aliphatic carbocycles. The van der Waals surface area contributed by atoms with Crippen LogP contribution in [-0.4, -0.2) is 47.0 Å². The van der Waals surface area contributed by atoms with Crippen molar-refractivity contribution in [1.82, 2.24) is 9.47 Å². The van der Waals surface area contributed by atoms with E-state index in [1.54, 1.807) is 6.08 Å². The minimum Gasteiger partial charge on any atom is -0.389 e. The number of halogens is 1. The predicted octanol–water partition coefficient (Wildman–Crippen LogP) is 3.70. The molecule has 5 heteroatoms. The summed E-state index contributed by atoms with van der Waals surface area (Å²) in [5.74, 6) is 0.272. The molecule has 0 amide bonds. The molecule has 27 heavy (non-hydrogen) atoms. The van der Waals surface area contributed by atoms with Crippen molar-refractivity contribution >= 4 is 0 Å². The minimum atomic E-state index is -0.538. The summed E-state index contributed by atoms with van der Waals surface area (Å²) >= 11 is 0. The summed E-state index contributed by atoms with van der Waals surface area (Å²) in [7, 11) is 0. The summed E-state index contributed by atoms with van der Waals surface area (Å²) in [5.41, 5.74) is 2.22. The number of rotatable bonds is 12. The predicted molar refractivity (Wildman–Crippen MR) is 107 cm³/mol. The molecule has 0 aliphatic rings. The number of ether oxygens (including phenoxy) is 1. The van der Waals surface area contributed by atoms with Crippen molar-refractivity contribution in [2.75, 3.05) is 26.3 Å². The Balaban J connectivity index is 2.00. The van der Waals surface area contributed by atoms with Gasteiger partial charge in [-0.2, -0.15) is 0 Å². The van der Waals surface area contributed by atoms with Gasteiger partial charge < -0.3 is 14.4 Å². The summed E-state index contributed by atoms with van der Waals surface area (Å²) in [6.07, 6.45) is 3.18. The Morgan fingerprint density at radius 1 is 1.22 bits per heavy atom. The number of aliphatic hydroxyl groups is 1. The molecular formula is C22H31FN2O2. The summed E-state index contributed by atoms with van der Waals surface area (Å²) < 4.78 is 20.7. The van der Waals surface area contributed by atoms with Crippen molar-refractivity contribution in [3.63, 3.8) is 0 Å². The van der Waals surface area contributed by atoms with Gasteiger partial charge in [0, 0.05) is 38.1 Å². The Morgan fingerprint density at radius 2 is 1.96 bits per heavy atom. The third kappa shape index (κ3) is 7.67. The van der Waals surface area contributed by atoms with Crippen LogP contribution in [0.25, 0.3) is 0 Å². The van der Waals surface area contributed by atoms with Crippen LogP contribution in [0.1, 0.15) is 25.1 Å². The van der Waals surface area contributed by atoms with Gasteiger partial charge in [0.1, 0.15) is 5.82 Å². The standard InChI is InChI=1S/C22H31FN2O2/c1-4-12-27-17-22(26)16-24(13-18(2)3)15-21-6-5-11-25(21)14-19-7-9-20(23)10-8-19/h4-11,18,22,26H,1,12-17H2,2-3H3. The Kier molecular flexibility index (Phi) is 8.72. The molecule has 0 saturated heterocycles. The van der Waals surface area contributed by atoms with E-state index in [-0.39, 0.29) is 5.82 Å². The average molecular weight is 375 g/mol. The van der Waals surface area contributed by atoms with Gasteiger partial charge >= 0.3 is 0 Å². The topological polar surface area (TPSA) is 37.6 Å². The molecule has 1 aromatic carbocycles. The number of aromatic nitrogens is 1. The second-order valence-electron chi connectivity index (χ2n) is 7.32. The molecule has 0 spiro atoms. The van der Waals surface area contributed by atoms with Gasteiger partial charge in [0.25, 0.3) is 0 Å². The lowest BCUT2D eigenvalue weighted by Crippen LogP contribution is -2.37. The van der Waals surface area contributed by atoms with E-state index in [1.165, 1.54) is 17.8 Å². The SMILES string of the molecule is C=CCOCC(O)CN(Cc1cccn1Cc1ccc(F)cc1)CC(C)C.